The Morgan fingerprint density at radius 3 is 2.17 bits per heavy atom. The number of carbonyl (C=O) groups is 3. The molecule has 2 aromatic carbocycles. The second kappa shape index (κ2) is 6.54. The number of phenols is 1. The lowest BCUT2D eigenvalue weighted by Crippen LogP contribution is -2.40. The van der Waals surface area contributed by atoms with Crippen LogP contribution in [0.2, 0.25) is 0 Å². The van der Waals surface area contributed by atoms with Crippen LogP contribution in [-0.4, -0.2) is 40.8 Å². The van der Waals surface area contributed by atoms with Crippen LogP contribution in [0.15, 0.2) is 48.5 Å². The van der Waals surface area contributed by atoms with Gasteiger partial charge in [0.1, 0.15) is 12.3 Å². The van der Waals surface area contributed by atoms with Crippen LogP contribution < -0.4 is 5.32 Å². The number of carbonyl (C=O) groups excluding carboxylic acids is 3. The largest absolute Gasteiger partial charge is 0.508 e. The van der Waals surface area contributed by atoms with Gasteiger partial charge in [-0.15, -0.1) is 0 Å². The molecule has 2 aromatic rings. The summed E-state index contributed by atoms with van der Waals surface area (Å²) in [6, 6.07) is 13.4. The molecule has 0 unspecified atom stereocenters. The van der Waals surface area contributed by atoms with Crippen LogP contribution in [0, 0.1) is 0 Å². The minimum atomic E-state index is -0.452. The summed E-state index contributed by atoms with van der Waals surface area (Å²) < 4.78 is 0. The van der Waals surface area contributed by atoms with Gasteiger partial charge in [0.2, 0.25) is 5.91 Å². The molecule has 3 amide bonds. The van der Waals surface area contributed by atoms with Crippen LogP contribution >= 0.6 is 0 Å². The monoisotopic (exact) mass is 324 g/mol. The number of amides is 3. The van der Waals surface area contributed by atoms with Crippen molar-refractivity contribution in [3.63, 3.8) is 0 Å². The summed E-state index contributed by atoms with van der Waals surface area (Å²) in [7, 11) is 0. The molecule has 1 heterocycles. The number of benzene rings is 2. The highest BCUT2D eigenvalue weighted by Gasteiger charge is 2.36. The average Bonchev–Trinajstić information content (AvgIpc) is 2.82. The Kier molecular flexibility index (Phi) is 4.29. The van der Waals surface area contributed by atoms with E-state index < -0.39 is 17.7 Å². The van der Waals surface area contributed by atoms with Crippen molar-refractivity contribution in [1.82, 2.24) is 10.2 Å². The molecule has 0 aromatic heterocycles. The van der Waals surface area contributed by atoms with Crippen molar-refractivity contribution in [3.8, 4) is 5.75 Å². The molecule has 24 heavy (non-hydrogen) atoms. The van der Waals surface area contributed by atoms with Crippen molar-refractivity contribution in [2.45, 2.75) is 6.42 Å². The normalized spacial score (nSPS) is 13.1. The molecule has 0 saturated heterocycles. The number of rotatable bonds is 5. The zero-order valence-corrected chi connectivity index (χ0v) is 12.9. The maximum absolute atomic E-state index is 12.2. The predicted molar refractivity (Wildman–Crippen MR) is 86.6 cm³/mol. The minimum Gasteiger partial charge on any atom is -0.508 e. The molecule has 0 fully saturated rings. The zero-order valence-electron chi connectivity index (χ0n) is 12.9. The Bertz CT molecular complexity index is 781. The van der Waals surface area contributed by atoms with E-state index in [4.69, 9.17) is 0 Å². The van der Waals surface area contributed by atoms with Crippen molar-refractivity contribution in [1.29, 1.82) is 0 Å². The van der Waals surface area contributed by atoms with Gasteiger partial charge in [-0.25, -0.2) is 0 Å². The molecular weight excluding hydrogens is 308 g/mol. The van der Waals surface area contributed by atoms with Crippen LogP contribution in [0.1, 0.15) is 26.3 Å². The van der Waals surface area contributed by atoms with E-state index in [2.05, 4.69) is 5.32 Å². The highest BCUT2D eigenvalue weighted by atomic mass is 16.3. The summed E-state index contributed by atoms with van der Waals surface area (Å²) in [5.74, 6) is -1.15. The molecule has 122 valence electrons. The van der Waals surface area contributed by atoms with E-state index in [1.54, 1.807) is 48.5 Å². The van der Waals surface area contributed by atoms with E-state index in [9.17, 15) is 19.5 Å². The topological polar surface area (TPSA) is 86.7 Å². The Balaban J connectivity index is 1.56. The van der Waals surface area contributed by atoms with Crippen LogP contribution in [-0.2, 0) is 11.2 Å². The number of para-hydroxylation sites is 1. The van der Waals surface area contributed by atoms with E-state index in [1.807, 2.05) is 0 Å². The lowest BCUT2D eigenvalue weighted by molar-refractivity contribution is -0.121. The van der Waals surface area contributed by atoms with E-state index >= 15 is 0 Å². The van der Waals surface area contributed by atoms with Gasteiger partial charge >= 0.3 is 0 Å². The summed E-state index contributed by atoms with van der Waals surface area (Å²) >= 11 is 0. The van der Waals surface area contributed by atoms with Crippen molar-refractivity contribution < 1.29 is 19.5 Å². The standard InChI is InChI=1S/C18H16N2O4/c21-15-8-4-1-5-12(15)9-10-19-16(22)11-20-17(23)13-6-2-3-7-14(13)18(20)24/h1-8,21H,9-11H2,(H,19,22). The number of nitrogens with zero attached hydrogens (tertiary/aromatic N) is 1. The van der Waals surface area contributed by atoms with Crippen LogP contribution in [0.4, 0.5) is 0 Å². The highest BCUT2D eigenvalue weighted by molar-refractivity contribution is 6.22. The molecule has 0 radical (unpaired) electrons. The summed E-state index contributed by atoms with van der Waals surface area (Å²) in [5, 5.41) is 12.3. The number of imide groups is 1. The van der Waals surface area contributed by atoms with E-state index in [0.717, 1.165) is 10.5 Å². The predicted octanol–water partition coefficient (Wildman–Crippen LogP) is 1.35. The molecule has 1 aliphatic heterocycles. The molecule has 6 nitrogen and oxygen atoms in total. The number of hydrogen-bond acceptors (Lipinski definition) is 4. The van der Waals surface area contributed by atoms with Crippen molar-refractivity contribution in [2.24, 2.45) is 0 Å². The maximum Gasteiger partial charge on any atom is 0.262 e. The van der Waals surface area contributed by atoms with Gasteiger partial charge in [0.05, 0.1) is 11.1 Å². The van der Waals surface area contributed by atoms with Crippen molar-refractivity contribution in [2.75, 3.05) is 13.1 Å². The number of nitrogens with one attached hydrogen (secondary N) is 1. The molecule has 2 N–H and O–H groups in total. The third kappa shape index (κ3) is 2.99. The summed E-state index contributed by atoms with van der Waals surface area (Å²) in [6.45, 7) is -0.00725. The molecule has 0 aliphatic carbocycles. The summed E-state index contributed by atoms with van der Waals surface area (Å²) in [6.07, 6.45) is 0.459. The SMILES string of the molecule is O=C(CN1C(=O)c2ccccc2C1=O)NCCc1ccccc1O. The zero-order chi connectivity index (χ0) is 17.1. The fourth-order valence-corrected chi connectivity index (χ4v) is 2.64. The van der Waals surface area contributed by atoms with Gasteiger partial charge in [-0.05, 0) is 30.2 Å². The molecule has 0 atom stereocenters. The average molecular weight is 324 g/mol. The Morgan fingerprint density at radius 2 is 1.54 bits per heavy atom. The van der Waals surface area contributed by atoms with Gasteiger partial charge in [-0.1, -0.05) is 30.3 Å². The summed E-state index contributed by atoms with van der Waals surface area (Å²) in [5.41, 5.74) is 1.37. The first kappa shape index (κ1) is 15.7. The first-order valence-corrected chi connectivity index (χ1v) is 7.56. The van der Waals surface area contributed by atoms with Gasteiger partial charge in [-0.2, -0.15) is 0 Å². The fraction of sp³-hybridized carbons (Fsp3) is 0.167. The smallest absolute Gasteiger partial charge is 0.262 e. The number of aromatic hydroxyl groups is 1. The van der Waals surface area contributed by atoms with Crippen LogP contribution in [0.3, 0.4) is 0 Å². The van der Waals surface area contributed by atoms with Gasteiger partial charge in [0.15, 0.2) is 0 Å². The van der Waals surface area contributed by atoms with E-state index in [0.29, 0.717) is 24.1 Å². The Hall–Kier alpha value is -3.15. The maximum atomic E-state index is 12.2. The van der Waals surface area contributed by atoms with Crippen LogP contribution in [0.5, 0.6) is 5.75 Å². The lowest BCUT2D eigenvalue weighted by atomic mass is 10.1. The fourth-order valence-electron chi connectivity index (χ4n) is 2.64. The molecule has 1 aliphatic rings. The third-order valence-electron chi connectivity index (χ3n) is 3.89. The highest BCUT2D eigenvalue weighted by Crippen LogP contribution is 2.22. The summed E-state index contributed by atoms with van der Waals surface area (Å²) in [4.78, 5) is 37.3. The molecule has 0 saturated carbocycles. The quantitative estimate of drug-likeness (QED) is 0.813. The number of phenolic OH excluding ortho intramolecular Hbond substituents is 1. The molecular formula is C18H16N2O4. The first-order valence-electron chi connectivity index (χ1n) is 7.56. The third-order valence-corrected chi connectivity index (χ3v) is 3.89. The van der Waals surface area contributed by atoms with E-state index in [-0.39, 0.29) is 12.3 Å². The second-order valence-electron chi connectivity index (χ2n) is 5.47. The van der Waals surface area contributed by atoms with Gasteiger partial charge in [-0.3, -0.25) is 19.3 Å². The van der Waals surface area contributed by atoms with Crippen molar-refractivity contribution in [3.05, 3.63) is 65.2 Å². The molecule has 0 bridgehead atoms. The number of fused-ring (bicyclic) bond motifs is 1. The number of hydrogen-bond donors (Lipinski definition) is 2. The van der Waals surface area contributed by atoms with Gasteiger partial charge < -0.3 is 10.4 Å². The molecule has 0 spiro atoms. The van der Waals surface area contributed by atoms with Crippen LogP contribution in [0.25, 0.3) is 0 Å². The van der Waals surface area contributed by atoms with E-state index in [1.165, 1.54) is 0 Å². The first-order chi connectivity index (χ1) is 11.6. The van der Waals surface area contributed by atoms with Gasteiger partial charge in [0.25, 0.3) is 11.8 Å². The van der Waals surface area contributed by atoms with Crippen molar-refractivity contribution >= 4 is 17.7 Å². The Morgan fingerprint density at radius 1 is 0.958 bits per heavy atom. The Labute approximate surface area is 138 Å². The molecule has 3 rings (SSSR count). The minimum absolute atomic E-state index is 0.173. The molecule has 6 heteroatoms. The second-order valence-corrected chi connectivity index (χ2v) is 5.47. The van der Waals surface area contributed by atoms with Gasteiger partial charge in [0, 0.05) is 6.54 Å². The lowest BCUT2D eigenvalue weighted by Gasteiger charge is -2.13.